The van der Waals surface area contributed by atoms with Crippen molar-refractivity contribution < 1.29 is 12.8 Å². The van der Waals surface area contributed by atoms with Gasteiger partial charge in [-0.25, -0.2) is 18.1 Å². The summed E-state index contributed by atoms with van der Waals surface area (Å²) in [7, 11) is -3.67. The molecule has 2 aromatic rings. The lowest BCUT2D eigenvalue weighted by Crippen LogP contribution is -2.24. The Labute approximate surface area is 125 Å². The molecule has 0 spiro atoms. The summed E-state index contributed by atoms with van der Waals surface area (Å²) in [4.78, 5) is 4.08. The van der Waals surface area contributed by atoms with Crippen molar-refractivity contribution in [2.75, 3.05) is 5.73 Å². The van der Waals surface area contributed by atoms with Gasteiger partial charge in [-0.3, -0.25) is 0 Å². The lowest BCUT2D eigenvalue weighted by atomic mass is 10.2. The third-order valence-corrected chi connectivity index (χ3v) is 4.90. The average Bonchev–Trinajstić information content (AvgIpc) is 2.77. The van der Waals surface area contributed by atoms with Crippen LogP contribution in [0.25, 0.3) is 0 Å². The third kappa shape index (κ3) is 3.20. The number of rotatable bonds is 4. The summed E-state index contributed by atoms with van der Waals surface area (Å²) in [5.74, 6) is 0.942. The Hall–Kier alpha value is -1.38. The van der Waals surface area contributed by atoms with Crippen LogP contribution in [-0.4, -0.2) is 13.4 Å². The number of hydrogen-bond acceptors (Lipinski definition) is 5. The number of hydrogen-bond donors (Lipinski definition) is 2. The molecule has 0 unspecified atom stereocenters. The molecular weight excluding hydrogens is 346 g/mol. The molecule has 1 aromatic heterocycles. The summed E-state index contributed by atoms with van der Waals surface area (Å²) in [6.07, 6.45) is 1.53. The molecule has 0 saturated carbocycles. The van der Waals surface area contributed by atoms with Crippen molar-refractivity contribution in [2.24, 2.45) is 0 Å². The molecule has 0 aliphatic rings. The Morgan fingerprint density at radius 2 is 2.10 bits per heavy atom. The molecule has 0 radical (unpaired) electrons. The number of sulfonamides is 1. The molecule has 108 valence electrons. The SMILES string of the molecule is Cc1cnc(CNS(=O)(=O)c2cc(N)c(Br)cc2C)o1. The van der Waals surface area contributed by atoms with Crippen molar-refractivity contribution in [1.29, 1.82) is 0 Å². The molecule has 0 fully saturated rings. The quantitative estimate of drug-likeness (QED) is 0.814. The summed E-state index contributed by atoms with van der Waals surface area (Å²) in [5, 5.41) is 0. The van der Waals surface area contributed by atoms with Crippen molar-refractivity contribution in [1.82, 2.24) is 9.71 Å². The van der Waals surface area contributed by atoms with Crippen LogP contribution in [-0.2, 0) is 16.6 Å². The number of anilines is 1. The number of aryl methyl sites for hydroxylation is 2. The number of benzene rings is 1. The van der Waals surface area contributed by atoms with E-state index in [9.17, 15) is 8.42 Å². The van der Waals surface area contributed by atoms with Gasteiger partial charge < -0.3 is 10.2 Å². The Morgan fingerprint density at radius 3 is 2.70 bits per heavy atom. The maximum Gasteiger partial charge on any atom is 0.241 e. The number of nitrogens with two attached hydrogens (primary N) is 1. The van der Waals surface area contributed by atoms with Crippen molar-refractivity contribution in [3.05, 3.63) is 40.0 Å². The van der Waals surface area contributed by atoms with Crippen LogP contribution in [0.3, 0.4) is 0 Å². The van der Waals surface area contributed by atoms with E-state index in [0.29, 0.717) is 27.4 Å². The Kier molecular flexibility index (Phi) is 4.17. The maximum atomic E-state index is 12.2. The van der Waals surface area contributed by atoms with Crippen molar-refractivity contribution in [3.8, 4) is 0 Å². The van der Waals surface area contributed by atoms with E-state index in [0.717, 1.165) is 0 Å². The molecule has 0 bridgehead atoms. The summed E-state index contributed by atoms with van der Waals surface area (Å²) < 4.78 is 32.8. The minimum atomic E-state index is -3.67. The third-order valence-electron chi connectivity index (χ3n) is 2.67. The summed E-state index contributed by atoms with van der Waals surface area (Å²) in [6, 6.07) is 3.09. The molecule has 0 aliphatic carbocycles. The average molecular weight is 360 g/mol. The minimum Gasteiger partial charge on any atom is -0.445 e. The first-order valence-electron chi connectivity index (χ1n) is 5.76. The minimum absolute atomic E-state index is 0.00835. The van der Waals surface area contributed by atoms with Gasteiger partial charge in [0.1, 0.15) is 5.76 Å². The highest BCUT2D eigenvalue weighted by molar-refractivity contribution is 9.10. The van der Waals surface area contributed by atoms with Gasteiger partial charge >= 0.3 is 0 Å². The second-order valence-corrected chi connectivity index (χ2v) is 6.92. The fourth-order valence-corrected chi connectivity index (χ4v) is 3.37. The number of nitrogens with zero attached hydrogens (tertiary/aromatic N) is 1. The number of nitrogen functional groups attached to an aromatic ring is 1. The van der Waals surface area contributed by atoms with Gasteiger partial charge in [0.25, 0.3) is 0 Å². The van der Waals surface area contributed by atoms with E-state index in [1.54, 1.807) is 19.9 Å². The van der Waals surface area contributed by atoms with E-state index >= 15 is 0 Å². The second kappa shape index (κ2) is 5.55. The van der Waals surface area contributed by atoms with Crippen molar-refractivity contribution in [3.63, 3.8) is 0 Å². The van der Waals surface area contributed by atoms with E-state index in [4.69, 9.17) is 10.2 Å². The van der Waals surface area contributed by atoms with Gasteiger partial charge in [0.05, 0.1) is 17.6 Å². The fraction of sp³-hybridized carbons (Fsp3) is 0.250. The summed E-state index contributed by atoms with van der Waals surface area (Å²) in [6.45, 7) is 3.43. The Morgan fingerprint density at radius 1 is 1.40 bits per heavy atom. The maximum absolute atomic E-state index is 12.2. The molecule has 20 heavy (non-hydrogen) atoms. The Balaban J connectivity index is 2.24. The molecule has 6 nitrogen and oxygen atoms in total. The fourth-order valence-electron chi connectivity index (χ4n) is 1.68. The van der Waals surface area contributed by atoms with Crippen LogP contribution in [0.1, 0.15) is 17.2 Å². The van der Waals surface area contributed by atoms with E-state index in [1.807, 2.05) is 0 Å². The Bertz CT molecular complexity index is 740. The molecule has 1 aromatic carbocycles. The molecular formula is C12H14BrN3O3S. The summed E-state index contributed by atoms with van der Waals surface area (Å²) >= 11 is 3.26. The normalized spacial score (nSPS) is 11.8. The molecule has 3 N–H and O–H groups in total. The predicted molar refractivity (Wildman–Crippen MR) is 78.6 cm³/mol. The van der Waals surface area contributed by atoms with Crippen molar-refractivity contribution in [2.45, 2.75) is 25.3 Å². The zero-order chi connectivity index (χ0) is 14.9. The molecule has 1 heterocycles. The largest absolute Gasteiger partial charge is 0.445 e. The van der Waals surface area contributed by atoms with Crippen LogP contribution < -0.4 is 10.5 Å². The van der Waals surface area contributed by atoms with E-state index < -0.39 is 10.0 Å². The molecule has 2 rings (SSSR count). The summed E-state index contributed by atoms with van der Waals surface area (Å²) in [5.41, 5.74) is 6.69. The molecule has 0 atom stereocenters. The first-order chi connectivity index (χ1) is 9.29. The predicted octanol–water partition coefficient (Wildman–Crippen LogP) is 2.11. The van der Waals surface area contributed by atoms with E-state index in [-0.39, 0.29) is 11.4 Å². The monoisotopic (exact) mass is 359 g/mol. The topological polar surface area (TPSA) is 98.2 Å². The van der Waals surface area contributed by atoms with Crippen LogP contribution in [0.15, 0.2) is 32.1 Å². The molecule has 0 saturated heterocycles. The highest BCUT2D eigenvalue weighted by Gasteiger charge is 2.19. The van der Waals surface area contributed by atoms with Crippen LogP contribution in [0, 0.1) is 13.8 Å². The van der Waals surface area contributed by atoms with Crippen LogP contribution >= 0.6 is 15.9 Å². The van der Waals surface area contributed by atoms with Gasteiger partial charge in [0.2, 0.25) is 15.9 Å². The van der Waals surface area contributed by atoms with Crippen molar-refractivity contribution >= 4 is 31.6 Å². The van der Waals surface area contributed by atoms with Gasteiger partial charge in [-0.2, -0.15) is 0 Å². The number of halogens is 1. The zero-order valence-corrected chi connectivity index (χ0v) is 13.4. The number of aromatic nitrogens is 1. The first-order valence-corrected chi connectivity index (χ1v) is 8.04. The van der Waals surface area contributed by atoms with Gasteiger partial charge in [0.15, 0.2) is 0 Å². The zero-order valence-electron chi connectivity index (χ0n) is 11.0. The molecule has 0 aliphatic heterocycles. The number of nitrogens with one attached hydrogen (secondary N) is 1. The first kappa shape index (κ1) is 15.0. The van der Waals surface area contributed by atoms with E-state index in [2.05, 4.69) is 25.6 Å². The second-order valence-electron chi connectivity index (χ2n) is 4.33. The molecule has 8 heteroatoms. The smallest absolute Gasteiger partial charge is 0.241 e. The highest BCUT2D eigenvalue weighted by Crippen LogP contribution is 2.26. The van der Waals surface area contributed by atoms with Gasteiger partial charge in [-0.05, 0) is 47.5 Å². The standard InChI is InChI=1S/C12H14BrN3O3S/c1-7-3-9(13)10(14)4-11(7)20(17,18)16-6-12-15-5-8(2)19-12/h3-5,16H,6,14H2,1-2H3. The van der Waals surface area contributed by atoms with Gasteiger partial charge in [-0.15, -0.1) is 0 Å². The van der Waals surface area contributed by atoms with Crippen LogP contribution in [0.5, 0.6) is 0 Å². The highest BCUT2D eigenvalue weighted by atomic mass is 79.9. The number of oxazole rings is 1. The lowest BCUT2D eigenvalue weighted by molar-refractivity contribution is 0.463. The van der Waals surface area contributed by atoms with Crippen LogP contribution in [0.2, 0.25) is 0 Å². The van der Waals surface area contributed by atoms with Crippen LogP contribution in [0.4, 0.5) is 5.69 Å². The molecule has 0 amide bonds. The van der Waals surface area contributed by atoms with Gasteiger partial charge in [-0.1, -0.05) is 0 Å². The van der Waals surface area contributed by atoms with Gasteiger partial charge in [0, 0.05) is 10.2 Å². The van der Waals surface area contributed by atoms with E-state index in [1.165, 1.54) is 12.3 Å². The lowest BCUT2D eigenvalue weighted by Gasteiger charge is -2.10.